The van der Waals surface area contributed by atoms with Crippen molar-refractivity contribution in [3.8, 4) is 0 Å². The van der Waals surface area contributed by atoms with Crippen molar-refractivity contribution in [2.24, 2.45) is 0 Å². The molecule has 2 aromatic carbocycles. The zero-order valence-electron chi connectivity index (χ0n) is 13.3. The Hall–Kier alpha value is -3.68. The van der Waals surface area contributed by atoms with Gasteiger partial charge in [-0.3, -0.25) is 9.59 Å². The highest BCUT2D eigenvalue weighted by Crippen LogP contribution is 2.18. The van der Waals surface area contributed by atoms with Gasteiger partial charge in [-0.15, -0.1) is 0 Å². The van der Waals surface area contributed by atoms with Crippen LogP contribution in [0.3, 0.4) is 0 Å². The van der Waals surface area contributed by atoms with E-state index in [2.05, 4.69) is 26.1 Å². The molecular formula is C17H15N5O3. The zero-order valence-corrected chi connectivity index (χ0v) is 13.3. The number of urea groups is 1. The van der Waals surface area contributed by atoms with E-state index in [4.69, 9.17) is 0 Å². The maximum absolute atomic E-state index is 12.5. The van der Waals surface area contributed by atoms with Gasteiger partial charge in [0.2, 0.25) is 0 Å². The molecule has 0 aliphatic heterocycles. The fraction of sp³-hybridized carbons (Fsp3) is 0.0588. The molecule has 0 unspecified atom stereocenters. The molecule has 3 aromatic rings. The lowest BCUT2D eigenvalue weighted by Crippen LogP contribution is -2.24. The topological polar surface area (TPSA) is 116 Å². The minimum Gasteiger partial charge on any atom is -0.341 e. The molecule has 8 heteroatoms. The van der Waals surface area contributed by atoms with Crippen molar-refractivity contribution in [2.45, 2.75) is 0 Å². The number of carbonyl (C=O) groups excluding carboxylic acids is 2. The number of hydrogen-bond donors (Lipinski definition) is 4. The molecule has 0 saturated heterocycles. The molecule has 0 saturated carbocycles. The molecule has 1 aromatic heterocycles. The van der Waals surface area contributed by atoms with Crippen LogP contribution in [0.15, 0.2) is 53.3 Å². The molecule has 0 aliphatic rings. The number of anilines is 2. The smallest absolute Gasteiger partial charge is 0.318 e. The van der Waals surface area contributed by atoms with Crippen LogP contribution in [0.25, 0.3) is 10.8 Å². The van der Waals surface area contributed by atoms with E-state index in [0.29, 0.717) is 22.1 Å². The average Bonchev–Trinajstić information content (AvgIpc) is 2.62. The summed E-state index contributed by atoms with van der Waals surface area (Å²) in [5.74, 6) is -0.468. The van der Waals surface area contributed by atoms with Gasteiger partial charge in [-0.25, -0.2) is 9.89 Å². The quantitative estimate of drug-likeness (QED) is 0.584. The standard InChI is InChI=1S/C17H15N5O3/c1-18-17(25)20-11-6-4-5-10(9-11)19-16(24)14-12-7-2-3-8-13(12)15(23)22-21-14/h2-9H,1H3,(H,19,24)(H,22,23)(H2,18,20,25). The number of amides is 3. The Morgan fingerprint density at radius 3 is 2.36 bits per heavy atom. The SMILES string of the molecule is CNC(=O)Nc1cccc(NC(=O)c2n[nH]c(=O)c3ccccc23)c1. The van der Waals surface area contributed by atoms with Crippen molar-refractivity contribution in [1.29, 1.82) is 0 Å². The molecule has 0 spiro atoms. The summed E-state index contributed by atoms with van der Waals surface area (Å²) in [6.07, 6.45) is 0. The lowest BCUT2D eigenvalue weighted by molar-refractivity contribution is 0.102. The molecule has 0 atom stereocenters. The zero-order chi connectivity index (χ0) is 17.8. The third kappa shape index (κ3) is 3.47. The van der Waals surface area contributed by atoms with Gasteiger partial charge >= 0.3 is 6.03 Å². The summed E-state index contributed by atoms with van der Waals surface area (Å²) in [5.41, 5.74) is 0.760. The molecule has 25 heavy (non-hydrogen) atoms. The second-order valence-electron chi connectivity index (χ2n) is 5.19. The van der Waals surface area contributed by atoms with E-state index in [1.54, 1.807) is 48.5 Å². The number of fused-ring (bicyclic) bond motifs is 1. The molecule has 8 nitrogen and oxygen atoms in total. The summed E-state index contributed by atoms with van der Waals surface area (Å²) in [7, 11) is 1.51. The van der Waals surface area contributed by atoms with Gasteiger partial charge in [0.25, 0.3) is 11.5 Å². The van der Waals surface area contributed by atoms with Crippen LogP contribution in [0.4, 0.5) is 16.2 Å². The highest BCUT2D eigenvalue weighted by Gasteiger charge is 2.14. The van der Waals surface area contributed by atoms with E-state index in [-0.39, 0.29) is 17.3 Å². The monoisotopic (exact) mass is 337 g/mol. The molecule has 3 amide bonds. The number of aromatic amines is 1. The van der Waals surface area contributed by atoms with Gasteiger partial charge in [-0.2, -0.15) is 5.10 Å². The number of carbonyl (C=O) groups is 2. The average molecular weight is 337 g/mol. The van der Waals surface area contributed by atoms with Crippen molar-refractivity contribution in [1.82, 2.24) is 15.5 Å². The van der Waals surface area contributed by atoms with E-state index in [1.165, 1.54) is 7.05 Å². The lowest BCUT2D eigenvalue weighted by atomic mass is 10.1. The van der Waals surface area contributed by atoms with Gasteiger partial charge in [0.05, 0.1) is 5.39 Å². The summed E-state index contributed by atoms with van der Waals surface area (Å²) < 4.78 is 0. The highest BCUT2D eigenvalue weighted by molar-refractivity contribution is 6.11. The second kappa shape index (κ2) is 6.83. The first-order valence-electron chi connectivity index (χ1n) is 7.46. The third-order valence-corrected chi connectivity index (χ3v) is 3.52. The largest absolute Gasteiger partial charge is 0.341 e. The van der Waals surface area contributed by atoms with E-state index in [0.717, 1.165) is 0 Å². The molecule has 0 bridgehead atoms. The Morgan fingerprint density at radius 2 is 1.64 bits per heavy atom. The molecular weight excluding hydrogens is 322 g/mol. The first kappa shape index (κ1) is 16.2. The Balaban J connectivity index is 1.88. The van der Waals surface area contributed by atoms with E-state index in [9.17, 15) is 14.4 Å². The molecule has 126 valence electrons. The predicted octanol–water partition coefficient (Wildman–Crippen LogP) is 1.93. The van der Waals surface area contributed by atoms with Crippen LogP contribution < -0.4 is 21.5 Å². The van der Waals surface area contributed by atoms with Crippen LogP contribution >= 0.6 is 0 Å². The molecule has 0 aliphatic carbocycles. The Labute approximate surface area is 142 Å². The van der Waals surface area contributed by atoms with Gasteiger partial charge in [0.15, 0.2) is 5.69 Å². The van der Waals surface area contributed by atoms with E-state index in [1.807, 2.05) is 0 Å². The van der Waals surface area contributed by atoms with Crippen LogP contribution in [0, 0.1) is 0 Å². The van der Waals surface area contributed by atoms with Gasteiger partial charge in [-0.1, -0.05) is 24.3 Å². The summed E-state index contributed by atoms with van der Waals surface area (Å²) in [5, 5.41) is 14.8. The van der Waals surface area contributed by atoms with Gasteiger partial charge < -0.3 is 16.0 Å². The summed E-state index contributed by atoms with van der Waals surface area (Å²) in [6, 6.07) is 13.1. The number of H-pyrrole nitrogens is 1. The fourth-order valence-electron chi connectivity index (χ4n) is 2.35. The summed E-state index contributed by atoms with van der Waals surface area (Å²) in [6.45, 7) is 0. The Morgan fingerprint density at radius 1 is 0.960 bits per heavy atom. The van der Waals surface area contributed by atoms with Crippen LogP contribution in [0.5, 0.6) is 0 Å². The van der Waals surface area contributed by atoms with Crippen LogP contribution in [-0.4, -0.2) is 29.2 Å². The Bertz CT molecular complexity index is 1010. The fourth-order valence-corrected chi connectivity index (χ4v) is 2.35. The molecule has 3 rings (SSSR count). The summed E-state index contributed by atoms with van der Waals surface area (Å²) >= 11 is 0. The van der Waals surface area contributed by atoms with Crippen molar-refractivity contribution in [3.05, 3.63) is 64.6 Å². The third-order valence-electron chi connectivity index (χ3n) is 3.52. The highest BCUT2D eigenvalue weighted by atomic mass is 16.2. The van der Waals surface area contributed by atoms with Gasteiger partial charge in [0, 0.05) is 23.8 Å². The maximum atomic E-state index is 12.5. The number of benzene rings is 2. The summed E-state index contributed by atoms with van der Waals surface area (Å²) in [4.78, 5) is 35.7. The normalized spacial score (nSPS) is 10.3. The van der Waals surface area contributed by atoms with Crippen LogP contribution in [-0.2, 0) is 0 Å². The molecule has 1 heterocycles. The number of aromatic nitrogens is 2. The van der Waals surface area contributed by atoms with Crippen molar-refractivity contribution < 1.29 is 9.59 Å². The predicted molar refractivity (Wildman–Crippen MR) is 94.8 cm³/mol. The van der Waals surface area contributed by atoms with Crippen molar-refractivity contribution in [2.75, 3.05) is 17.7 Å². The molecule has 0 radical (unpaired) electrons. The van der Waals surface area contributed by atoms with Gasteiger partial charge in [0.1, 0.15) is 0 Å². The van der Waals surface area contributed by atoms with Gasteiger partial charge in [-0.05, 0) is 24.3 Å². The first-order chi connectivity index (χ1) is 12.1. The second-order valence-corrected chi connectivity index (χ2v) is 5.19. The Kier molecular flexibility index (Phi) is 4.42. The van der Waals surface area contributed by atoms with Crippen molar-refractivity contribution in [3.63, 3.8) is 0 Å². The first-order valence-corrected chi connectivity index (χ1v) is 7.46. The van der Waals surface area contributed by atoms with Crippen molar-refractivity contribution >= 4 is 34.1 Å². The van der Waals surface area contributed by atoms with Crippen LogP contribution in [0.2, 0.25) is 0 Å². The maximum Gasteiger partial charge on any atom is 0.318 e. The molecule has 0 fully saturated rings. The number of nitrogens with one attached hydrogen (secondary N) is 4. The number of rotatable bonds is 3. The number of hydrogen-bond acceptors (Lipinski definition) is 4. The number of nitrogens with zero attached hydrogens (tertiary/aromatic N) is 1. The van der Waals surface area contributed by atoms with Crippen LogP contribution in [0.1, 0.15) is 10.5 Å². The lowest BCUT2D eigenvalue weighted by Gasteiger charge is -2.09. The van der Waals surface area contributed by atoms with E-state index >= 15 is 0 Å². The minimum absolute atomic E-state index is 0.111. The van der Waals surface area contributed by atoms with E-state index < -0.39 is 5.91 Å². The minimum atomic E-state index is -0.468. The molecule has 4 N–H and O–H groups in total.